The second-order valence-corrected chi connectivity index (χ2v) is 5.60. The predicted octanol–water partition coefficient (Wildman–Crippen LogP) is 2.07. The maximum Gasteiger partial charge on any atom is 0.0976 e. The van der Waals surface area contributed by atoms with Crippen molar-refractivity contribution >= 4 is 0 Å². The van der Waals surface area contributed by atoms with E-state index in [-0.39, 0.29) is 6.10 Å². The lowest BCUT2D eigenvalue weighted by Crippen LogP contribution is -2.30. The molecule has 0 aromatic carbocycles. The molecular weight excluding hydrogens is 220 g/mol. The molecule has 1 aliphatic carbocycles. The van der Waals surface area contributed by atoms with Gasteiger partial charge in [0.15, 0.2) is 0 Å². The van der Waals surface area contributed by atoms with Crippen LogP contribution in [0.2, 0.25) is 0 Å². The van der Waals surface area contributed by atoms with E-state index in [1.54, 1.807) is 0 Å². The Kier molecular flexibility index (Phi) is 3.66. The summed E-state index contributed by atoms with van der Waals surface area (Å²) in [6.45, 7) is 3.59. The van der Waals surface area contributed by atoms with Gasteiger partial charge in [-0.1, -0.05) is 0 Å². The van der Waals surface area contributed by atoms with E-state index < -0.39 is 0 Å². The molecule has 0 bridgehead atoms. The number of epoxide rings is 1. The van der Waals surface area contributed by atoms with Crippen LogP contribution in [0.5, 0.6) is 0 Å². The van der Waals surface area contributed by atoms with Crippen molar-refractivity contribution in [3.63, 3.8) is 0 Å². The highest BCUT2D eigenvalue weighted by Crippen LogP contribution is 2.39. The molecule has 98 valence electrons. The number of rotatable bonds is 4. The second kappa shape index (κ2) is 5.22. The molecule has 0 aromatic rings. The Morgan fingerprint density at radius 3 is 2.88 bits per heavy atom. The second-order valence-electron chi connectivity index (χ2n) is 5.60. The Morgan fingerprint density at radius 1 is 1.12 bits per heavy atom. The summed E-state index contributed by atoms with van der Waals surface area (Å²) >= 11 is 0. The molecule has 2 saturated heterocycles. The van der Waals surface area contributed by atoms with Crippen LogP contribution in [0.15, 0.2) is 0 Å². The average molecular weight is 242 g/mol. The van der Waals surface area contributed by atoms with E-state index in [1.807, 2.05) is 0 Å². The molecule has 3 fully saturated rings. The Morgan fingerprint density at radius 2 is 2.06 bits per heavy atom. The van der Waals surface area contributed by atoms with Gasteiger partial charge in [-0.15, -0.1) is 0 Å². The molecule has 0 radical (unpaired) electrons. The van der Waals surface area contributed by atoms with Gasteiger partial charge in [0.05, 0.1) is 31.0 Å². The lowest BCUT2D eigenvalue weighted by Gasteiger charge is -2.27. The monoisotopic (exact) mass is 242 g/mol. The van der Waals surface area contributed by atoms with E-state index in [0.717, 1.165) is 32.5 Å². The number of hydrogen-bond donors (Lipinski definition) is 0. The molecular formula is C13H22O4. The van der Waals surface area contributed by atoms with Gasteiger partial charge in [-0.05, 0) is 32.1 Å². The zero-order valence-corrected chi connectivity index (χ0v) is 10.5. The van der Waals surface area contributed by atoms with Gasteiger partial charge in [0, 0.05) is 19.4 Å². The van der Waals surface area contributed by atoms with Crippen molar-refractivity contribution in [1.82, 2.24) is 0 Å². The molecule has 4 nitrogen and oxygen atoms in total. The smallest absolute Gasteiger partial charge is 0.0976 e. The Bertz CT molecular complexity index is 252. The highest BCUT2D eigenvalue weighted by molar-refractivity contribution is 4.91. The fourth-order valence-electron chi connectivity index (χ4n) is 2.91. The Hall–Kier alpha value is -0.160. The van der Waals surface area contributed by atoms with E-state index in [9.17, 15) is 0 Å². The summed E-state index contributed by atoms with van der Waals surface area (Å²) in [5.41, 5.74) is 0. The van der Waals surface area contributed by atoms with E-state index in [2.05, 4.69) is 6.92 Å². The minimum absolute atomic E-state index is 0.215. The van der Waals surface area contributed by atoms with Crippen LogP contribution in [0, 0.1) is 5.92 Å². The number of ether oxygens (including phenoxy) is 2. The Balaban J connectivity index is 1.31. The van der Waals surface area contributed by atoms with Crippen LogP contribution < -0.4 is 0 Å². The molecule has 3 rings (SSSR count). The molecule has 17 heavy (non-hydrogen) atoms. The first-order valence-corrected chi connectivity index (χ1v) is 6.86. The molecule has 4 heteroatoms. The normalized spacial score (nSPS) is 45.4. The first kappa shape index (κ1) is 11.9. The molecule has 2 heterocycles. The highest BCUT2D eigenvalue weighted by atomic mass is 17.2. The van der Waals surface area contributed by atoms with Gasteiger partial charge in [0.2, 0.25) is 0 Å². The van der Waals surface area contributed by atoms with Gasteiger partial charge in [-0.2, -0.15) is 0 Å². The third kappa shape index (κ3) is 3.19. The standard InChI is InChI=1S/C13H22O4/c1-9-6-11(4-5-14-9)17-15-8-10-2-3-12-13(7-10)16-12/h9-13H,2-8H2,1H3. The quantitative estimate of drug-likeness (QED) is 0.430. The molecule has 0 N–H and O–H groups in total. The van der Waals surface area contributed by atoms with E-state index in [4.69, 9.17) is 19.2 Å². The van der Waals surface area contributed by atoms with Crippen molar-refractivity contribution < 1.29 is 19.2 Å². The lowest BCUT2D eigenvalue weighted by atomic mass is 9.90. The molecule has 0 aromatic heterocycles. The maximum absolute atomic E-state index is 5.51. The van der Waals surface area contributed by atoms with Crippen molar-refractivity contribution in [1.29, 1.82) is 0 Å². The molecule has 0 spiro atoms. The predicted molar refractivity (Wildman–Crippen MR) is 61.5 cm³/mol. The third-order valence-electron chi connectivity index (χ3n) is 4.06. The summed E-state index contributed by atoms with van der Waals surface area (Å²) in [6, 6.07) is 0. The fraction of sp³-hybridized carbons (Fsp3) is 1.00. The van der Waals surface area contributed by atoms with Crippen LogP contribution >= 0.6 is 0 Å². The minimum Gasteiger partial charge on any atom is -0.378 e. The molecule has 1 saturated carbocycles. The average Bonchev–Trinajstić information content (AvgIpc) is 3.07. The van der Waals surface area contributed by atoms with E-state index >= 15 is 0 Å². The molecule has 3 aliphatic rings. The molecule has 5 atom stereocenters. The lowest BCUT2D eigenvalue weighted by molar-refractivity contribution is -0.341. The van der Waals surface area contributed by atoms with Crippen molar-refractivity contribution in [3.8, 4) is 0 Å². The van der Waals surface area contributed by atoms with Crippen LogP contribution in [-0.2, 0) is 19.2 Å². The summed E-state index contributed by atoms with van der Waals surface area (Å²) in [5, 5.41) is 0. The zero-order chi connectivity index (χ0) is 11.7. The van der Waals surface area contributed by atoms with Gasteiger partial charge in [-0.3, -0.25) is 0 Å². The van der Waals surface area contributed by atoms with Gasteiger partial charge < -0.3 is 9.47 Å². The van der Waals surface area contributed by atoms with Crippen molar-refractivity contribution in [2.24, 2.45) is 5.92 Å². The van der Waals surface area contributed by atoms with Gasteiger partial charge in [0.1, 0.15) is 0 Å². The van der Waals surface area contributed by atoms with Gasteiger partial charge >= 0.3 is 0 Å². The van der Waals surface area contributed by atoms with Crippen LogP contribution in [0.25, 0.3) is 0 Å². The molecule has 2 aliphatic heterocycles. The Labute approximate surface area is 102 Å². The van der Waals surface area contributed by atoms with Crippen molar-refractivity contribution in [3.05, 3.63) is 0 Å². The first-order chi connectivity index (χ1) is 8.31. The first-order valence-electron chi connectivity index (χ1n) is 6.86. The fourth-order valence-corrected chi connectivity index (χ4v) is 2.91. The van der Waals surface area contributed by atoms with E-state index in [0.29, 0.717) is 24.2 Å². The summed E-state index contributed by atoms with van der Waals surface area (Å²) in [6.07, 6.45) is 7.07. The number of fused-ring (bicyclic) bond motifs is 1. The number of hydrogen-bond acceptors (Lipinski definition) is 4. The van der Waals surface area contributed by atoms with E-state index in [1.165, 1.54) is 12.8 Å². The summed E-state index contributed by atoms with van der Waals surface area (Å²) in [7, 11) is 0. The highest BCUT2D eigenvalue weighted by Gasteiger charge is 2.43. The molecule has 0 amide bonds. The van der Waals surface area contributed by atoms with Crippen LogP contribution in [0.4, 0.5) is 0 Å². The minimum atomic E-state index is 0.215. The summed E-state index contributed by atoms with van der Waals surface area (Å²) in [5.74, 6) is 0.621. The largest absolute Gasteiger partial charge is 0.378 e. The summed E-state index contributed by atoms with van der Waals surface area (Å²) in [4.78, 5) is 10.9. The van der Waals surface area contributed by atoms with Gasteiger partial charge in [0.25, 0.3) is 0 Å². The van der Waals surface area contributed by atoms with Crippen molar-refractivity contribution in [2.75, 3.05) is 13.2 Å². The SMILES string of the molecule is CC1CC(OOCC2CCC3OC3C2)CCO1. The molecule has 5 unspecified atom stereocenters. The van der Waals surface area contributed by atoms with Crippen LogP contribution in [0.1, 0.15) is 39.0 Å². The zero-order valence-electron chi connectivity index (χ0n) is 10.5. The summed E-state index contributed by atoms with van der Waals surface area (Å²) < 4.78 is 11.0. The van der Waals surface area contributed by atoms with Crippen molar-refractivity contribution in [2.45, 2.75) is 63.4 Å². The van der Waals surface area contributed by atoms with Gasteiger partial charge in [-0.25, -0.2) is 9.78 Å². The third-order valence-corrected chi connectivity index (χ3v) is 4.06. The maximum atomic E-state index is 5.51. The topological polar surface area (TPSA) is 40.2 Å². The van der Waals surface area contributed by atoms with Crippen LogP contribution in [0.3, 0.4) is 0 Å². The van der Waals surface area contributed by atoms with Crippen LogP contribution in [-0.4, -0.2) is 37.6 Å².